The topological polar surface area (TPSA) is 72.2 Å². The zero-order valence-corrected chi connectivity index (χ0v) is 14.8. The molecule has 0 atom stereocenters. The monoisotopic (exact) mass is 374 g/mol. The molecule has 1 fully saturated rings. The predicted octanol–water partition coefficient (Wildman–Crippen LogP) is 3.59. The second-order valence-corrected chi connectivity index (χ2v) is 8.46. The molecule has 0 saturated heterocycles. The van der Waals surface area contributed by atoms with Crippen LogP contribution in [0, 0.1) is 12.8 Å². The van der Waals surface area contributed by atoms with E-state index in [0.29, 0.717) is 22.3 Å². The van der Waals surface area contributed by atoms with Gasteiger partial charge in [0.25, 0.3) is 0 Å². The molecule has 0 bridgehead atoms. The predicted molar refractivity (Wildman–Crippen MR) is 89.7 cm³/mol. The summed E-state index contributed by atoms with van der Waals surface area (Å²) in [5, 5.41) is 0. The fraction of sp³-hybridized carbons (Fsp3) is 0.600. The van der Waals surface area contributed by atoms with Crippen LogP contribution in [-0.2, 0) is 10.0 Å². The Bertz CT molecular complexity index is 596. The van der Waals surface area contributed by atoms with Crippen molar-refractivity contribution < 1.29 is 8.42 Å². The zero-order chi connectivity index (χ0) is 15.5. The van der Waals surface area contributed by atoms with Crippen LogP contribution >= 0.6 is 15.9 Å². The summed E-state index contributed by atoms with van der Waals surface area (Å²) in [6, 6.07) is 3.32. The van der Waals surface area contributed by atoms with Gasteiger partial charge in [-0.3, -0.25) is 0 Å². The summed E-state index contributed by atoms with van der Waals surface area (Å²) in [6.45, 7) is 2.22. The summed E-state index contributed by atoms with van der Waals surface area (Å²) in [7, 11) is -3.49. The molecular formula is C15H23BrN2O2S. The molecule has 21 heavy (non-hydrogen) atoms. The normalized spacial score (nSPS) is 16.5. The first kappa shape index (κ1) is 16.8. The van der Waals surface area contributed by atoms with Gasteiger partial charge in [0.1, 0.15) is 0 Å². The lowest BCUT2D eigenvalue weighted by molar-refractivity contribution is 0.480. The molecule has 1 aromatic carbocycles. The highest BCUT2D eigenvalue weighted by molar-refractivity contribution is 9.10. The highest BCUT2D eigenvalue weighted by Crippen LogP contribution is 2.29. The van der Waals surface area contributed by atoms with Crippen molar-refractivity contribution in [3.8, 4) is 0 Å². The number of hydrogen-bond donors (Lipinski definition) is 2. The third kappa shape index (κ3) is 4.44. The number of nitrogen functional groups attached to an aromatic ring is 1. The maximum absolute atomic E-state index is 12.4. The van der Waals surface area contributed by atoms with Crippen LogP contribution in [0.15, 0.2) is 21.5 Å². The average molecular weight is 375 g/mol. The van der Waals surface area contributed by atoms with Crippen molar-refractivity contribution in [1.82, 2.24) is 4.72 Å². The number of hydrogen-bond acceptors (Lipinski definition) is 3. The standard InChI is InChI=1S/C15H23BrN2O2S/c1-11-14(17)9-13(16)10-15(11)21(19,20)18-8-4-7-12-5-2-3-6-12/h9-10,12,18H,2-8,17H2,1H3. The molecule has 4 nitrogen and oxygen atoms in total. The molecule has 0 radical (unpaired) electrons. The zero-order valence-electron chi connectivity index (χ0n) is 12.4. The Kier molecular flexibility index (Phi) is 5.68. The number of halogens is 1. The van der Waals surface area contributed by atoms with Crippen molar-refractivity contribution in [2.45, 2.75) is 50.3 Å². The van der Waals surface area contributed by atoms with Crippen LogP contribution < -0.4 is 10.5 Å². The smallest absolute Gasteiger partial charge is 0.240 e. The number of benzene rings is 1. The number of nitrogens with one attached hydrogen (secondary N) is 1. The quantitative estimate of drug-likeness (QED) is 0.590. The molecule has 1 aliphatic rings. The van der Waals surface area contributed by atoms with Crippen molar-refractivity contribution in [2.24, 2.45) is 5.92 Å². The lowest BCUT2D eigenvalue weighted by Crippen LogP contribution is -2.26. The van der Waals surface area contributed by atoms with Crippen molar-refractivity contribution in [2.75, 3.05) is 12.3 Å². The Morgan fingerprint density at radius 3 is 2.67 bits per heavy atom. The maximum atomic E-state index is 12.4. The van der Waals surface area contributed by atoms with E-state index >= 15 is 0 Å². The first-order chi connectivity index (χ1) is 9.90. The number of sulfonamides is 1. The molecule has 1 aliphatic carbocycles. The van der Waals surface area contributed by atoms with Crippen molar-refractivity contribution in [1.29, 1.82) is 0 Å². The van der Waals surface area contributed by atoms with Gasteiger partial charge in [-0.2, -0.15) is 0 Å². The Balaban J connectivity index is 1.95. The van der Waals surface area contributed by atoms with Crippen LogP contribution in [0.4, 0.5) is 5.69 Å². The highest BCUT2D eigenvalue weighted by Gasteiger charge is 2.19. The van der Waals surface area contributed by atoms with E-state index in [1.807, 2.05) is 0 Å². The summed E-state index contributed by atoms with van der Waals surface area (Å²) in [5.41, 5.74) is 6.91. The Hall–Kier alpha value is -0.590. The molecule has 0 spiro atoms. The third-order valence-electron chi connectivity index (χ3n) is 4.21. The summed E-state index contributed by atoms with van der Waals surface area (Å²) >= 11 is 3.29. The van der Waals surface area contributed by atoms with Crippen LogP contribution in [0.2, 0.25) is 0 Å². The summed E-state index contributed by atoms with van der Waals surface area (Å²) in [4.78, 5) is 0.259. The van der Waals surface area contributed by atoms with Crippen LogP contribution in [0.5, 0.6) is 0 Å². The lowest BCUT2D eigenvalue weighted by Gasteiger charge is -2.13. The van der Waals surface area contributed by atoms with E-state index in [2.05, 4.69) is 20.7 Å². The molecule has 3 N–H and O–H groups in total. The van der Waals surface area contributed by atoms with Gasteiger partial charge in [0.2, 0.25) is 10.0 Å². The Morgan fingerprint density at radius 2 is 2.00 bits per heavy atom. The van der Waals surface area contributed by atoms with Gasteiger partial charge in [0.15, 0.2) is 0 Å². The minimum atomic E-state index is -3.49. The molecule has 1 aromatic rings. The van der Waals surface area contributed by atoms with Crippen LogP contribution in [-0.4, -0.2) is 15.0 Å². The Morgan fingerprint density at radius 1 is 1.33 bits per heavy atom. The lowest BCUT2D eigenvalue weighted by atomic mass is 10.0. The van der Waals surface area contributed by atoms with Gasteiger partial charge in [-0.1, -0.05) is 41.6 Å². The van der Waals surface area contributed by atoms with E-state index in [4.69, 9.17) is 5.73 Å². The SMILES string of the molecule is Cc1c(N)cc(Br)cc1S(=O)(=O)NCCCC1CCCC1. The van der Waals surface area contributed by atoms with E-state index < -0.39 is 10.0 Å². The molecule has 0 aliphatic heterocycles. The second-order valence-electron chi connectivity index (χ2n) is 5.81. The van der Waals surface area contributed by atoms with Gasteiger partial charge in [-0.05, 0) is 43.4 Å². The molecule has 6 heteroatoms. The van der Waals surface area contributed by atoms with Crippen molar-refractivity contribution in [3.05, 3.63) is 22.2 Å². The molecule has 0 aromatic heterocycles. The molecule has 1 saturated carbocycles. The second kappa shape index (κ2) is 7.11. The minimum Gasteiger partial charge on any atom is -0.398 e. The van der Waals surface area contributed by atoms with Crippen molar-refractivity contribution >= 4 is 31.6 Å². The number of rotatable bonds is 6. The first-order valence-corrected chi connectivity index (χ1v) is 9.73. The van der Waals surface area contributed by atoms with Crippen LogP contribution in [0.3, 0.4) is 0 Å². The molecule has 0 amide bonds. The number of nitrogens with two attached hydrogens (primary N) is 1. The van der Waals surface area contributed by atoms with E-state index in [0.717, 1.165) is 18.8 Å². The fourth-order valence-corrected chi connectivity index (χ4v) is 4.93. The van der Waals surface area contributed by atoms with Gasteiger partial charge < -0.3 is 5.73 Å². The molecule has 2 rings (SSSR count). The largest absolute Gasteiger partial charge is 0.398 e. The fourth-order valence-electron chi connectivity index (χ4n) is 2.93. The highest BCUT2D eigenvalue weighted by atomic mass is 79.9. The molecular weight excluding hydrogens is 352 g/mol. The van der Waals surface area contributed by atoms with Crippen LogP contribution in [0.1, 0.15) is 44.1 Å². The third-order valence-corrected chi connectivity index (χ3v) is 6.26. The summed E-state index contributed by atoms with van der Waals surface area (Å²) in [5.74, 6) is 0.790. The summed E-state index contributed by atoms with van der Waals surface area (Å²) in [6.07, 6.45) is 7.26. The minimum absolute atomic E-state index is 0.259. The maximum Gasteiger partial charge on any atom is 0.240 e. The van der Waals surface area contributed by atoms with Gasteiger partial charge in [-0.25, -0.2) is 13.1 Å². The van der Waals surface area contributed by atoms with Crippen LogP contribution in [0.25, 0.3) is 0 Å². The molecule has 0 unspecified atom stereocenters. The van der Waals surface area contributed by atoms with E-state index in [-0.39, 0.29) is 4.90 Å². The first-order valence-electron chi connectivity index (χ1n) is 7.45. The Labute approximate surface area is 135 Å². The van der Waals surface area contributed by atoms with Gasteiger partial charge in [-0.15, -0.1) is 0 Å². The van der Waals surface area contributed by atoms with E-state index in [1.54, 1.807) is 19.1 Å². The van der Waals surface area contributed by atoms with E-state index in [9.17, 15) is 8.42 Å². The number of anilines is 1. The summed E-state index contributed by atoms with van der Waals surface area (Å²) < 4.78 is 28.1. The van der Waals surface area contributed by atoms with Gasteiger partial charge in [0, 0.05) is 16.7 Å². The van der Waals surface area contributed by atoms with Gasteiger partial charge >= 0.3 is 0 Å². The average Bonchev–Trinajstić information content (AvgIpc) is 2.92. The molecule has 118 valence electrons. The molecule has 0 heterocycles. The van der Waals surface area contributed by atoms with Gasteiger partial charge in [0.05, 0.1) is 4.90 Å². The van der Waals surface area contributed by atoms with Crippen molar-refractivity contribution in [3.63, 3.8) is 0 Å². The van der Waals surface area contributed by atoms with E-state index in [1.165, 1.54) is 25.7 Å².